The Balaban J connectivity index is 2.00. The van der Waals surface area contributed by atoms with Gasteiger partial charge in [-0.2, -0.15) is 0 Å². The summed E-state index contributed by atoms with van der Waals surface area (Å²) in [7, 11) is 0. The van der Waals surface area contributed by atoms with Gasteiger partial charge in [-0.1, -0.05) is 0 Å². The van der Waals surface area contributed by atoms with Crippen LogP contribution in [-0.2, 0) is 28.7 Å². The van der Waals surface area contributed by atoms with Gasteiger partial charge < -0.3 is 0 Å². The molecule has 0 fully saturated rings. The van der Waals surface area contributed by atoms with Crippen molar-refractivity contribution in [3.63, 3.8) is 0 Å². The van der Waals surface area contributed by atoms with Gasteiger partial charge in [-0.05, 0) is 0 Å². The molecule has 0 spiro atoms. The predicted octanol–water partition coefficient (Wildman–Crippen LogP) is 7.96. The Kier molecular flexibility index (Phi) is 6.40. The van der Waals surface area contributed by atoms with E-state index in [9.17, 15) is 0 Å². The van der Waals surface area contributed by atoms with Crippen LogP contribution in [0.4, 0.5) is 0 Å². The Morgan fingerprint density at radius 2 is 1.00 bits per heavy atom. The Morgan fingerprint density at radius 1 is 0.613 bits per heavy atom. The number of hydrogen-bond acceptors (Lipinski definition) is 0. The topological polar surface area (TPSA) is 0 Å². The van der Waals surface area contributed by atoms with Crippen LogP contribution < -0.4 is 0 Å². The molecule has 0 aromatic heterocycles. The summed E-state index contributed by atoms with van der Waals surface area (Å²) >= 11 is -3.39. The van der Waals surface area contributed by atoms with Gasteiger partial charge in [0.2, 0.25) is 0 Å². The minimum atomic E-state index is -3.39. The molecule has 159 valence electrons. The first-order valence-corrected chi connectivity index (χ1v) is 21.5. The van der Waals surface area contributed by atoms with Crippen LogP contribution >= 0.6 is 0 Å². The zero-order valence-corrected chi connectivity index (χ0v) is 21.8. The molecule has 3 aromatic carbocycles. The Labute approximate surface area is 189 Å². The van der Waals surface area contributed by atoms with E-state index in [-0.39, 0.29) is 0 Å². The van der Waals surface area contributed by atoms with E-state index in [1.54, 1.807) is 0 Å². The zero-order chi connectivity index (χ0) is 21.8. The molecule has 31 heavy (non-hydrogen) atoms. The summed E-state index contributed by atoms with van der Waals surface area (Å²) in [6, 6.07) is 34.1. The van der Waals surface area contributed by atoms with Gasteiger partial charge in [-0.25, -0.2) is 0 Å². The van der Waals surface area contributed by atoms with E-state index < -0.39 is 20.5 Å². The molecule has 0 N–H and O–H groups in total. The van der Waals surface area contributed by atoms with Gasteiger partial charge in [-0.15, -0.1) is 0 Å². The summed E-state index contributed by atoms with van der Waals surface area (Å²) in [6.07, 6.45) is 8.41. The van der Waals surface area contributed by atoms with Gasteiger partial charge in [0, 0.05) is 0 Å². The van der Waals surface area contributed by atoms with Crippen LogP contribution in [0.3, 0.4) is 0 Å². The number of rotatable bonds is 8. The molecule has 0 saturated carbocycles. The monoisotopic (exact) mass is 459 g/mol. The molecule has 0 amide bonds. The molecule has 2 heteroatoms. The van der Waals surface area contributed by atoms with Crippen molar-refractivity contribution in [2.24, 2.45) is 0 Å². The van der Waals surface area contributed by atoms with Gasteiger partial charge >= 0.3 is 191 Å². The quantitative estimate of drug-likeness (QED) is 0.300. The van der Waals surface area contributed by atoms with E-state index >= 15 is 0 Å². The van der Waals surface area contributed by atoms with Crippen molar-refractivity contribution in [1.29, 1.82) is 0 Å². The zero-order valence-electron chi connectivity index (χ0n) is 19.2. The molecular weight excluding hydrogens is 424 g/mol. The van der Waals surface area contributed by atoms with E-state index in [1.165, 1.54) is 30.9 Å². The molecule has 0 bridgehead atoms. The van der Waals surface area contributed by atoms with E-state index in [0.29, 0.717) is 0 Å². The summed E-state index contributed by atoms with van der Waals surface area (Å²) < 4.78 is 5.62. The summed E-state index contributed by atoms with van der Waals surface area (Å²) in [6.45, 7) is 8.04. The van der Waals surface area contributed by atoms with Crippen molar-refractivity contribution in [3.05, 3.63) is 130 Å². The standard InChI is InChI=1S/3C7H7.C5H5.C3H9Si.Ti/c3*1-7-5-3-2-4-6-7;1-2-4-5-3-1;1-4(2)3;/h3*2-6H,1H2;1-3H,4H2;1-3H3;. The van der Waals surface area contributed by atoms with Crippen LogP contribution in [0.2, 0.25) is 19.6 Å². The fraction of sp³-hybridized carbons (Fsp3) is 0.241. The van der Waals surface area contributed by atoms with Crippen molar-refractivity contribution < 1.29 is 14.6 Å². The normalized spacial score (nSPS) is 15.3. The van der Waals surface area contributed by atoms with Gasteiger partial charge in [0.05, 0.1) is 0 Å². The molecular formula is C29H35SiTi. The first kappa shape index (κ1) is 22.3. The van der Waals surface area contributed by atoms with Crippen LogP contribution in [-0.4, -0.2) is 5.94 Å². The fourth-order valence-electron chi connectivity index (χ4n) is 6.00. The molecule has 0 nitrogen and oxygen atoms in total. The van der Waals surface area contributed by atoms with Crippen LogP contribution in [0, 0.1) is 0 Å². The van der Waals surface area contributed by atoms with Crippen molar-refractivity contribution in [3.8, 4) is 0 Å². The van der Waals surface area contributed by atoms with Crippen LogP contribution in [0.25, 0.3) is 0 Å². The molecule has 0 atom stereocenters. The molecule has 1 aliphatic carbocycles. The molecule has 0 unspecified atom stereocenters. The third-order valence-electron chi connectivity index (χ3n) is 8.00. The maximum atomic E-state index is 2.68. The van der Waals surface area contributed by atoms with Gasteiger partial charge in [0.1, 0.15) is 0 Å². The van der Waals surface area contributed by atoms with Crippen LogP contribution in [0.5, 0.6) is 0 Å². The fourth-order valence-corrected chi connectivity index (χ4v) is 33.0. The van der Waals surface area contributed by atoms with Gasteiger partial charge in [0.25, 0.3) is 0 Å². The second-order valence-electron chi connectivity index (χ2n) is 10.5. The maximum absolute atomic E-state index is 3.39. The molecule has 0 saturated heterocycles. The van der Waals surface area contributed by atoms with Crippen LogP contribution in [0.15, 0.2) is 113 Å². The average Bonchev–Trinajstić information content (AvgIpc) is 3.31. The number of hydrogen-bond donors (Lipinski definition) is 0. The number of benzene rings is 3. The van der Waals surface area contributed by atoms with Crippen LogP contribution in [0.1, 0.15) is 23.1 Å². The van der Waals surface area contributed by atoms with Crippen molar-refractivity contribution in [2.45, 2.75) is 40.2 Å². The third kappa shape index (κ3) is 4.24. The first-order chi connectivity index (χ1) is 14.9. The Hall–Kier alpha value is -1.93. The van der Waals surface area contributed by atoms with Gasteiger partial charge in [-0.3, -0.25) is 0 Å². The Bertz CT molecular complexity index is 956. The SMILES string of the molecule is C[Si](C)(C)[Ti]([CH2]c1ccccc1)([CH2]c1ccccc1)([CH2]c1ccccc1)[C]1=CC=CC1. The van der Waals surface area contributed by atoms with Gasteiger partial charge in [0.15, 0.2) is 0 Å². The molecule has 0 aliphatic heterocycles. The van der Waals surface area contributed by atoms with Crippen molar-refractivity contribution in [1.82, 2.24) is 0 Å². The molecule has 4 rings (SSSR count). The summed E-state index contributed by atoms with van der Waals surface area (Å²) in [5, 5.41) is 0. The third-order valence-corrected chi connectivity index (χ3v) is 43.0. The van der Waals surface area contributed by atoms with E-state index in [1.807, 2.05) is 3.88 Å². The molecule has 1 aliphatic rings. The molecule has 0 radical (unpaired) electrons. The minimum absolute atomic E-state index is 1.15. The van der Waals surface area contributed by atoms with E-state index in [0.717, 1.165) is 6.42 Å². The van der Waals surface area contributed by atoms with E-state index in [4.69, 9.17) is 0 Å². The second kappa shape index (κ2) is 8.90. The molecule has 0 heterocycles. The summed E-state index contributed by atoms with van der Waals surface area (Å²) in [4.78, 5) is 0. The second-order valence-corrected chi connectivity index (χ2v) is 36.1. The van der Waals surface area contributed by atoms with E-state index in [2.05, 4.69) is 129 Å². The van der Waals surface area contributed by atoms with Crippen molar-refractivity contribution >= 4 is 5.94 Å². The summed E-state index contributed by atoms with van der Waals surface area (Å²) in [5.74, 6) is -1.62. The predicted molar refractivity (Wildman–Crippen MR) is 136 cm³/mol. The first-order valence-electron chi connectivity index (χ1n) is 11.6. The molecule has 3 aromatic rings. The summed E-state index contributed by atoms with van der Waals surface area (Å²) in [5.41, 5.74) is 4.59. The number of allylic oxidation sites excluding steroid dienone is 4. The van der Waals surface area contributed by atoms with Crippen molar-refractivity contribution in [2.75, 3.05) is 0 Å². The average molecular weight is 460 g/mol. The Morgan fingerprint density at radius 3 is 1.29 bits per heavy atom.